The lowest BCUT2D eigenvalue weighted by Crippen LogP contribution is -2.24. The van der Waals surface area contributed by atoms with Gasteiger partial charge in [-0.1, -0.05) is 26.0 Å². The van der Waals surface area contributed by atoms with Crippen LogP contribution < -0.4 is 10.9 Å². The molecule has 0 saturated carbocycles. The maximum Gasteiger partial charge on any atom is 0.254 e. The number of amides is 1. The van der Waals surface area contributed by atoms with Crippen molar-refractivity contribution in [3.05, 3.63) is 99.4 Å². The number of aromatic nitrogens is 3. The Morgan fingerprint density at radius 1 is 1.16 bits per heavy atom. The quantitative estimate of drug-likeness (QED) is 0.478. The van der Waals surface area contributed by atoms with Crippen molar-refractivity contribution in [3.63, 3.8) is 0 Å². The monoisotopic (exact) mass is 436 g/mol. The zero-order valence-electron chi connectivity index (χ0n) is 17.7. The molecule has 6 nitrogen and oxygen atoms in total. The van der Waals surface area contributed by atoms with Gasteiger partial charge in [-0.15, -0.1) is 0 Å². The summed E-state index contributed by atoms with van der Waals surface area (Å²) < 4.78 is 28.7. The first-order chi connectivity index (χ1) is 15.3. The van der Waals surface area contributed by atoms with Crippen LogP contribution in [0, 0.1) is 11.6 Å². The molecule has 3 aromatic heterocycles. The molecule has 0 aliphatic carbocycles. The van der Waals surface area contributed by atoms with Crippen LogP contribution in [0.1, 0.15) is 47.1 Å². The van der Waals surface area contributed by atoms with Crippen LogP contribution in [-0.2, 0) is 13.1 Å². The Morgan fingerprint density at radius 3 is 2.66 bits per heavy atom. The minimum Gasteiger partial charge on any atom is -0.348 e. The molecule has 3 heterocycles. The number of carbonyl (C=O) groups is 1. The molecular formula is C24H22F2N4O2. The van der Waals surface area contributed by atoms with E-state index in [-0.39, 0.29) is 18.0 Å². The van der Waals surface area contributed by atoms with E-state index >= 15 is 0 Å². The topological polar surface area (TPSA) is 79.8 Å². The lowest BCUT2D eigenvalue weighted by Gasteiger charge is -2.15. The molecule has 0 saturated heterocycles. The molecule has 0 fully saturated rings. The van der Waals surface area contributed by atoms with E-state index in [1.54, 1.807) is 12.4 Å². The van der Waals surface area contributed by atoms with Gasteiger partial charge in [0.05, 0.1) is 23.3 Å². The molecule has 1 amide bonds. The van der Waals surface area contributed by atoms with E-state index in [1.165, 1.54) is 12.1 Å². The van der Waals surface area contributed by atoms with Crippen LogP contribution in [-0.4, -0.2) is 20.4 Å². The van der Waals surface area contributed by atoms with Gasteiger partial charge < -0.3 is 14.9 Å². The predicted molar refractivity (Wildman–Crippen MR) is 118 cm³/mol. The van der Waals surface area contributed by atoms with E-state index in [9.17, 15) is 18.4 Å². The Labute approximate surface area is 182 Å². The first-order valence-electron chi connectivity index (χ1n) is 10.2. The summed E-state index contributed by atoms with van der Waals surface area (Å²) in [4.78, 5) is 32.4. The minimum absolute atomic E-state index is 0.0175. The standard InChI is InChI=1S/C24H22F2N4O2/c1-14(2)23-22(24(32)29-11-15-6-7-18(25)19(26)9-15)17-10-21(31)28-12-20(17)30(23)13-16-5-3-4-8-27-16/h3-10,12,14H,11,13H2,1-2H3,(H,28,31)(H,29,32). The molecule has 0 aliphatic rings. The number of carbonyl (C=O) groups excluding carboxylic acids is 1. The number of nitrogens with one attached hydrogen (secondary N) is 2. The van der Waals surface area contributed by atoms with E-state index in [0.717, 1.165) is 23.5 Å². The predicted octanol–water partition coefficient (Wildman–Crippen LogP) is 4.10. The van der Waals surface area contributed by atoms with Gasteiger partial charge in [0.1, 0.15) is 0 Å². The second kappa shape index (κ2) is 8.74. The fourth-order valence-corrected chi connectivity index (χ4v) is 3.87. The number of aromatic amines is 1. The summed E-state index contributed by atoms with van der Waals surface area (Å²) in [6.45, 7) is 4.38. The number of H-pyrrole nitrogens is 1. The highest BCUT2D eigenvalue weighted by molar-refractivity contribution is 6.08. The number of pyridine rings is 2. The van der Waals surface area contributed by atoms with Gasteiger partial charge in [0.25, 0.3) is 5.91 Å². The second-order valence-electron chi connectivity index (χ2n) is 7.85. The van der Waals surface area contributed by atoms with Crippen LogP contribution in [0.2, 0.25) is 0 Å². The Bertz CT molecular complexity index is 1340. The first kappa shape index (κ1) is 21.4. The number of halogens is 2. The van der Waals surface area contributed by atoms with Crippen molar-refractivity contribution in [2.75, 3.05) is 0 Å². The number of fused-ring (bicyclic) bond motifs is 1. The molecule has 0 aliphatic heterocycles. The Hall–Kier alpha value is -3.81. The molecule has 0 radical (unpaired) electrons. The molecule has 2 N–H and O–H groups in total. The Morgan fingerprint density at radius 2 is 1.97 bits per heavy atom. The summed E-state index contributed by atoms with van der Waals surface area (Å²) in [5, 5.41) is 3.30. The van der Waals surface area contributed by atoms with Crippen molar-refractivity contribution < 1.29 is 13.6 Å². The summed E-state index contributed by atoms with van der Waals surface area (Å²) in [6, 6.07) is 10.5. The van der Waals surface area contributed by atoms with Gasteiger partial charge in [0.15, 0.2) is 11.6 Å². The van der Waals surface area contributed by atoms with Crippen LogP contribution in [0.25, 0.3) is 10.9 Å². The first-order valence-corrected chi connectivity index (χ1v) is 10.2. The summed E-state index contributed by atoms with van der Waals surface area (Å²) in [5.41, 5.74) is 2.77. The molecule has 4 aromatic rings. The Kier molecular flexibility index (Phi) is 5.85. The van der Waals surface area contributed by atoms with Crippen LogP contribution in [0.4, 0.5) is 8.78 Å². The normalized spacial score (nSPS) is 11.3. The molecule has 164 valence electrons. The smallest absolute Gasteiger partial charge is 0.254 e. The molecule has 0 spiro atoms. The highest BCUT2D eigenvalue weighted by Gasteiger charge is 2.25. The van der Waals surface area contributed by atoms with E-state index in [4.69, 9.17) is 0 Å². The fraction of sp³-hybridized carbons (Fsp3) is 0.208. The molecular weight excluding hydrogens is 414 g/mol. The average molecular weight is 436 g/mol. The number of hydrogen-bond acceptors (Lipinski definition) is 3. The largest absolute Gasteiger partial charge is 0.348 e. The Balaban J connectivity index is 1.77. The summed E-state index contributed by atoms with van der Waals surface area (Å²) >= 11 is 0. The molecule has 8 heteroatoms. The molecule has 0 bridgehead atoms. The van der Waals surface area contributed by atoms with Gasteiger partial charge in [0.2, 0.25) is 5.56 Å². The van der Waals surface area contributed by atoms with Crippen LogP contribution in [0.3, 0.4) is 0 Å². The van der Waals surface area contributed by atoms with E-state index in [1.807, 2.05) is 36.6 Å². The van der Waals surface area contributed by atoms with Crippen molar-refractivity contribution in [2.24, 2.45) is 0 Å². The summed E-state index contributed by atoms with van der Waals surface area (Å²) in [6.07, 6.45) is 3.30. The number of rotatable bonds is 6. The maximum atomic E-state index is 13.5. The molecule has 0 unspecified atom stereocenters. The molecule has 0 atom stereocenters. The molecule has 1 aromatic carbocycles. The zero-order chi connectivity index (χ0) is 22.8. The molecule has 4 rings (SSSR count). The summed E-state index contributed by atoms with van der Waals surface area (Å²) in [5.74, 6) is -2.35. The minimum atomic E-state index is -0.974. The fourth-order valence-electron chi connectivity index (χ4n) is 3.87. The van der Waals surface area contributed by atoms with Crippen LogP contribution in [0.15, 0.2) is 59.7 Å². The summed E-state index contributed by atoms with van der Waals surface area (Å²) in [7, 11) is 0. The van der Waals surface area contributed by atoms with Crippen molar-refractivity contribution >= 4 is 16.8 Å². The van der Waals surface area contributed by atoms with Gasteiger partial charge in [-0.25, -0.2) is 8.78 Å². The third-order valence-corrected chi connectivity index (χ3v) is 5.27. The van der Waals surface area contributed by atoms with Crippen molar-refractivity contribution in [2.45, 2.75) is 32.9 Å². The third-order valence-electron chi connectivity index (χ3n) is 5.27. The number of hydrogen-bond donors (Lipinski definition) is 2. The maximum absolute atomic E-state index is 13.5. The van der Waals surface area contributed by atoms with Crippen molar-refractivity contribution in [1.82, 2.24) is 19.9 Å². The van der Waals surface area contributed by atoms with Gasteiger partial charge in [-0.3, -0.25) is 14.6 Å². The van der Waals surface area contributed by atoms with E-state index < -0.39 is 17.5 Å². The highest BCUT2D eigenvalue weighted by Crippen LogP contribution is 2.31. The highest BCUT2D eigenvalue weighted by atomic mass is 19.2. The lowest BCUT2D eigenvalue weighted by atomic mass is 10.0. The van der Waals surface area contributed by atoms with Gasteiger partial charge in [-0.2, -0.15) is 0 Å². The zero-order valence-corrected chi connectivity index (χ0v) is 17.7. The van der Waals surface area contributed by atoms with Gasteiger partial charge in [-0.05, 0) is 35.7 Å². The van der Waals surface area contributed by atoms with Crippen LogP contribution in [0.5, 0.6) is 0 Å². The van der Waals surface area contributed by atoms with Gasteiger partial charge >= 0.3 is 0 Å². The number of benzene rings is 1. The van der Waals surface area contributed by atoms with Crippen molar-refractivity contribution in [1.29, 1.82) is 0 Å². The third kappa shape index (κ3) is 4.16. The number of nitrogens with zero attached hydrogens (tertiary/aromatic N) is 2. The van der Waals surface area contributed by atoms with E-state index in [2.05, 4.69) is 15.3 Å². The SMILES string of the molecule is CC(C)c1c(C(=O)NCc2ccc(F)c(F)c2)c2cc(=O)[nH]cc2n1Cc1ccccn1. The van der Waals surface area contributed by atoms with Crippen molar-refractivity contribution in [3.8, 4) is 0 Å². The lowest BCUT2D eigenvalue weighted by molar-refractivity contribution is 0.0951. The van der Waals surface area contributed by atoms with E-state index in [0.29, 0.717) is 28.6 Å². The van der Waals surface area contributed by atoms with Gasteiger partial charge in [0, 0.05) is 36.1 Å². The molecule has 32 heavy (non-hydrogen) atoms. The average Bonchev–Trinajstić information content (AvgIpc) is 3.08. The van der Waals surface area contributed by atoms with Crippen LogP contribution >= 0.6 is 0 Å². The second-order valence-corrected chi connectivity index (χ2v) is 7.85.